The number of fused-ring (bicyclic) bond motifs is 11. The molecule has 67 heavy (non-hydrogen) atoms. The molecule has 9 aromatic carbocycles. The lowest BCUT2D eigenvalue weighted by molar-refractivity contribution is 0.659. The Kier molecular flexibility index (Phi) is 13.4. The van der Waals surface area contributed by atoms with Gasteiger partial charge in [0.2, 0.25) is 0 Å². The molecule has 0 amide bonds. The quantitative estimate of drug-likeness (QED) is 0.144. The lowest BCUT2D eigenvalue weighted by Gasteiger charge is -2.22. The molecule has 2 heterocycles. The van der Waals surface area contributed by atoms with Crippen LogP contribution in [0, 0.1) is 55.4 Å². The van der Waals surface area contributed by atoms with Crippen molar-refractivity contribution in [2.75, 3.05) is 0 Å². The second-order valence-electron chi connectivity index (χ2n) is 19.2. The first-order valence-electron chi connectivity index (χ1n) is 23.7. The largest absolute Gasteiger partial charge is 0.344 e. The molecule has 12 rings (SSSR count). The Hall–Kier alpha value is -7.16. The summed E-state index contributed by atoms with van der Waals surface area (Å²) in [6.45, 7) is 21.9. The van der Waals surface area contributed by atoms with Gasteiger partial charge >= 0.3 is 0 Å². The minimum Gasteiger partial charge on any atom is -0.344 e. The highest BCUT2D eigenvalue weighted by molar-refractivity contribution is 6.09. The zero-order chi connectivity index (χ0) is 47.6. The van der Waals surface area contributed by atoms with Crippen molar-refractivity contribution < 1.29 is 0 Å². The number of hydrogen-bond acceptors (Lipinski definition) is 0. The number of rotatable bonds is 0. The summed E-state index contributed by atoms with van der Waals surface area (Å²) in [6, 6.07) is 65.1. The van der Waals surface area contributed by atoms with Gasteiger partial charge in [-0.2, -0.15) is 0 Å². The number of aryl methyl sites for hydroxylation is 10. The Labute approximate surface area is 399 Å². The third kappa shape index (κ3) is 9.32. The molecule has 0 N–H and O–H groups in total. The van der Waals surface area contributed by atoms with Crippen LogP contribution in [0.4, 0.5) is 0 Å². The monoisotopic (exact) mass is 875 g/mol. The zero-order valence-corrected chi connectivity index (χ0v) is 41.7. The maximum absolute atomic E-state index is 2.40. The van der Waals surface area contributed by atoms with E-state index in [1.165, 1.54) is 121 Å². The van der Waals surface area contributed by atoms with Gasteiger partial charge in [0.15, 0.2) is 0 Å². The van der Waals surface area contributed by atoms with E-state index in [1.54, 1.807) is 0 Å². The lowest BCUT2D eigenvalue weighted by atomic mass is 9.81. The minimum atomic E-state index is 0.0888. The van der Waals surface area contributed by atoms with Crippen LogP contribution >= 0.6 is 0 Å². The normalized spacial score (nSPS) is 12.0. The van der Waals surface area contributed by atoms with E-state index in [9.17, 15) is 0 Å². The van der Waals surface area contributed by atoms with Crippen LogP contribution in [0.15, 0.2) is 182 Å². The van der Waals surface area contributed by atoms with E-state index in [4.69, 9.17) is 0 Å². The van der Waals surface area contributed by atoms with Crippen LogP contribution in [-0.4, -0.2) is 9.13 Å². The number of nitrogens with zero attached hydrogens (tertiary/aromatic N) is 2. The van der Waals surface area contributed by atoms with Crippen LogP contribution in [0.5, 0.6) is 0 Å². The summed E-state index contributed by atoms with van der Waals surface area (Å²) in [5.74, 6) is 0. The second kappa shape index (κ2) is 19.4. The van der Waals surface area contributed by atoms with Gasteiger partial charge in [0, 0.05) is 57.6 Å². The summed E-state index contributed by atoms with van der Waals surface area (Å²) >= 11 is 0. The van der Waals surface area contributed by atoms with Crippen molar-refractivity contribution in [3.8, 4) is 11.1 Å². The first-order valence-corrected chi connectivity index (χ1v) is 23.7. The average Bonchev–Trinajstić information content (AvgIpc) is 3.87. The van der Waals surface area contributed by atoms with Gasteiger partial charge in [0.05, 0.1) is 5.52 Å². The SMILES string of the molecule is Cc1ccc(C)c(C)c1.Cc1ccc2c(c1)C(C)(C)c1cc(C)c3ccccc3c1-2.Cc1ccc2c3ccccc3n(C)c2c1.Cc1cccc2c3ccccc3n(C)c12.Cc1ccccc1. The lowest BCUT2D eigenvalue weighted by Crippen LogP contribution is -2.15. The average molecular weight is 875 g/mol. The Morgan fingerprint density at radius 1 is 0.313 bits per heavy atom. The van der Waals surface area contributed by atoms with Crippen molar-refractivity contribution >= 4 is 54.4 Å². The molecule has 2 nitrogen and oxygen atoms in total. The molecule has 0 spiro atoms. The van der Waals surface area contributed by atoms with Crippen molar-refractivity contribution in [2.24, 2.45) is 14.1 Å². The number of hydrogen-bond donors (Lipinski definition) is 0. The van der Waals surface area contributed by atoms with E-state index >= 15 is 0 Å². The highest BCUT2D eigenvalue weighted by atomic mass is 14.9. The van der Waals surface area contributed by atoms with Crippen molar-refractivity contribution in [2.45, 2.75) is 74.7 Å². The Balaban J connectivity index is 0.000000119. The van der Waals surface area contributed by atoms with Crippen molar-refractivity contribution in [1.82, 2.24) is 9.13 Å². The van der Waals surface area contributed by atoms with Crippen LogP contribution in [0.2, 0.25) is 0 Å². The molecule has 0 radical (unpaired) electrons. The van der Waals surface area contributed by atoms with Crippen molar-refractivity contribution in [3.05, 3.63) is 238 Å². The number of aromatic nitrogens is 2. The van der Waals surface area contributed by atoms with E-state index in [-0.39, 0.29) is 5.41 Å². The molecule has 2 aromatic heterocycles. The van der Waals surface area contributed by atoms with Crippen LogP contribution in [-0.2, 0) is 19.5 Å². The predicted octanol–water partition coefficient (Wildman–Crippen LogP) is 17.6. The van der Waals surface area contributed by atoms with Gasteiger partial charge in [0.25, 0.3) is 0 Å². The highest BCUT2D eigenvalue weighted by Crippen LogP contribution is 2.52. The molecule has 1 aliphatic rings. The smallest absolute Gasteiger partial charge is 0.0518 e. The van der Waals surface area contributed by atoms with Crippen molar-refractivity contribution in [1.29, 1.82) is 0 Å². The molecule has 0 saturated heterocycles. The summed E-state index contributed by atoms with van der Waals surface area (Å²) < 4.78 is 4.54. The standard InChI is InChI=1S/C21H20.2C14H13N.C9H12.C7H8/c1-13-9-10-17-18(11-13)21(3,4)19-12-14(2)15-7-5-6-8-16(15)20(17)19;1-10-6-5-8-12-11-7-3-4-9-13(11)15(2)14(10)12;1-10-7-8-12-11-5-3-4-6-13(11)15(2)14(12)9-10;1-7-4-5-8(2)9(3)6-7;1-7-5-3-2-4-6-7/h5-12H,1-4H3;2*3-9H,1-2H3;4-6H,1-3H3;2-6H,1H3. The Morgan fingerprint density at radius 2 is 0.836 bits per heavy atom. The van der Waals surface area contributed by atoms with Gasteiger partial charge in [-0.05, 0) is 134 Å². The van der Waals surface area contributed by atoms with Crippen molar-refractivity contribution in [3.63, 3.8) is 0 Å². The van der Waals surface area contributed by atoms with Crippen LogP contribution < -0.4 is 0 Å². The molecule has 2 heteroatoms. The number of benzene rings is 9. The molecule has 0 atom stereocenters. The topological polar surface area (TPSA) is 9.86 Å². The third-order valence-corrected chi connectivity index (χ3v) is 13.8. The highest BCUT2D eigenvalue weighted by Gasteiger charge is 2.36. The molecule has 0 saturated carbocycles. The van der Waals surface area contributed by atoms with Crippen LogP contribution in [0.25, 0.3) is 65.5 Å². The molecular formula is C65H66N2. The summed E-state index contributed by atoms with van der Waals surface area (Å²) in [5.41, 5.74) is 22.0. The fourth-order valence-corrected chi connectivity index (χ4v) is 10.0. The van der Waals surface area contributed by atoms with E-state index in [1.807, 2.05) is 18.2 Å². The Morgan fingerprint density at radius 3 is 1.48 bits per heavy atom. The van der Waals surface area contributed by atoms with Crippen LogP contribution in [0.1, 0.15) is 69.5 Å². The Bertz CT molecular complexity index is 3540. The maximum Gasteiger partial charge on any atom is 0.0518 e. The molecule has 0 unspecified atom stereocenters. The van der Waals surface area contributed by atoms with E-state index in [2.05, 4.69) is 256 Å². The summed E-state index contributed by atoms with van der Waals surface area (Å²) in [5, 5.41) is 8.16. The van der Waals surface area contributed by atoms with Gasteiger partial charge < -0.3 is 9.13 Å². The molecule has 0 aliphatic heterocycles. The fourth-order valence-electron chi connectivity index (χ4n) is 10.0. The van der Waals surface area contributed by atoms with E-state index < -0.39 is 0 Å². The summed E-state index contributed by atoms with van der Waals surface area (Å²) in [6.07, 6.45) is 0. The predicted molar refractivity (Wildman–Crippen MR) is 293 cm³/mol. The summed E-state index contributed by atoms with van der Waals surface area (Å²) in [4.78, 5) is 0. The molecular weight excluding hydrogens is 809 g/mol. The molecule has 336 valence electrons. The van der Waals surface area contributed by atoms with E-state index in [0.29, 0.717) is 0 Å². The number of para-hydroxylation sites is 3. The molecule has 0 bridgehead atoms. The van der Waals surface area contributed by atoms with Gasteiger partial charge in [0.1, 0.15) is 0 Å². The molecule has 0 fully saturated rings. The first-order chi connectivity index (χ1) is 32.1. The second-order valence-corrected chi connectivity index (χ2v) is 19.2. The van der Waals surface area contributed by atoms with Gasteiger partial charge in [-0.15, -0.1) is 0 Å². The molecule has 1 aliphatic carbocycles. The third-order valence-electron chi connectivity index (χ3n) is 13.8. The first kappa shape index (κ1) is 46.4. The zero-order valence-electron chi connectivity index (χ0n) is 41.7. The van der Waals surface area contributed by atoms with Gasteiger partial charge in [-0.25, -0.2) is 0 Å². The van der Waals surface area contributed by atoms with Gasteiger partial charge in [-0.1, -0.05) is 194 Å². The summed E-state index contributed by atoms with van der Waals surface area (Å²) in [7, 11) is 4.27. The van der Waals surface area contributed by atoms with Crippen LogP contribution in [0.3, 0.4) is 0 Å². The molecule has 11 aromatic rings. The van der Waals surface area contributed by atoms with Gasteiger partial charge in [-0.3, -0.25) is 0 Å². The minimum absolute atomic E-state index is 0.0888. The van der Waals surface area contributed by atoms with E-state index in [0.717, 1.165) is 0 Å². The fraction of sp³-hybridized carbons (Fsp3) is 0.200. The maximum atomic E-state index is 2.40.